The van der Waals surface area contributed by atoms with E-state index in [0.717, 1.165) is 16.7 Å². The van der Waals surface area contributed by atoms with Crippen molar-refractivity contribution < 1.29 is 8.42 Å². The summed E-state index contributed by atoms with van der Waals surface area (Å²) in [5.41, 5.74) is 3.68. The van der Waals surface area contributed by atoms with E-state index >= 15 is 0 Å². The first-order chi connectivity index (χ1) is 14.5. The Bertz CT molecular complexity index is 1190. The van der Waals surface area contributed by atoms with Gasteiger partial charge in [-0.3, -0.25) is 0 Å². The van der Waals surface area contributed by atoms with Crippen LogP contribution in [0, 0.1) is 6.92 Å². The number of aromatic nitrogens is 4. The fourth-order valence-corrected chi connectivity index (χ4v) is 4.54. The third-order valence-electron chi connectivity index (χ3n) is 4.78. The van der Waals surface area contributed by atoms with Crippen LogP contribution in [0.3, 0.4) is 0 Å². The van der Waals surface area contributed by atoms with Gasteiger partial charge in [-0.05, 0) is 47.5 Å². The van der Waals surface area contributed by atoms with E-state index in [0.29, 0.717) is 11.4 Å². The Morgan fingerprint density at radius 3 is 2.07 bits per heavy atom. The van der Waals surface area contributed by atoms with Crippen molar-refractivity contribution in [2.45, 2.75) is 24.9 Å². The van der Waals surface area contributed by atoms with Gasteiger partial charge in [0.05, 0.1) is 4.90 Å². The van der Waals surface area contributed by atoms with Crippen LogP contribution in [-0.4, -0.2) is 33.3 Å². The predicted molar refractivity (Wildman–Crippen MR) is 114 cm³/mol. The van der Waals surface area contributed by atoms with Crippen molar-refractivity contribution >= 4 is 10.0 Å². The van der Waals surface area contributed by atoms with Gasteiger partial charge in [0.15, 0.2) is 0 Å². The van der Waals surface area contributed by atoms with Crippen molar-refractivity contribution in [2.24, 2.45) is 0 Å². The van der Waals surface area contributed by atoms with Gasteiger partial charge in [0.2, 0.25) is 15.8 Å². The SMILES string of the molecule is Cc1ccc(CN(Cc2ccccc2)S(=O)(=O)c2ccc(-c3nn[nH]n3)cc2)cc1. The molecule has 0 aliphatic carbocycles. The zero-order chi connectivity index (χ0) is 21.0. The van der Waals surface area contributed by atoms with Crippen molar-refractivity contribution in [3.8, 4) is 11.4 Å². The normalized spacial score (nSPS) is 11.7. The lowest BCUT2D eigenvalue weighted by Gasteiger charge is -2.23. The van der Waals surface area contributed by atoms with Crippen LogP contribution >= 0.6 is 0 Å². The minimum Gasteiger partial charge on any atom is -0.207 e. The summed E-state index contributed by atoms with van der Waals surface area (Å²) in [5, 5.41) is 13.8. The van der Waals surface area contributed by atoms with Crippen molar-refractivity contribution in [1.29, 1.82) is 0 Å². The summed E-state index contributed by atoms with van der Waals surface area (Å²) >= 11 is 0. The summed E-state index contributed by atoms with van der Waals surface area (Å²) in [5.74, 6) is 0.416. The Kier molecular flexibility index (Phi) is 5.69. The van der Waals surface area contributed by atoms with E-state index in [2.05, 4.69) is 20.6 Å². The highest BCUT2D eigenvalue weighted by Gasteiger charge is 2.25. The van der Waals surface area contributed by atoms with Crippen LogP contribution in [0.5, 0.6) is 0 Å². The number of tetrazole rings is 1. The van der Waals surface area contributed by atoms with Crippen LogP contribution < -0.4 is 0 Å². The van der Waals surface area contributed by atoms with Gasteiger partial charge >= 0.3 is 0 Å². The molecule has 152 valence electrons. The highest BCUT2D eigenvalue weighted by atomic mass is 32.2. The largest absolute Gasteiger partial charge is 0.243 e. The molecule has 1 N–H and O–H groups in total. The molecule has 0 saturated heterocycles. The maximum Gasteiger partial charge on any atom is 0.243 e. The first kappa shape index (κ1) is 19.9. The fraction of sp³-hybridized carbons (Fsp3) is 0.136. The number of H-pyrrole nitrogens is 1. The minimum absolute atomic E-state index is 0.220. The van der Waals surface area contributed by atoms with E-state index in [1.807, 2.05) is 61.5 Å². The quantitative estimate of drug-likeness (QED) is 0.494. The van der Waals surface area contributed by atoms with Crippen LogP contribution in [-0.2, 0) is 23.1 Å². The Morgan fingerprint density at radius 2 is 1.47 bits per heavy atom. The number of nitrogens with zero attached hydrogens (tertiary/aromatic N) is 4. The molecule has 0 fully saturated rings. The molecular weight excluding hydrogens is 398 g/mol. The lowest BCUT2D eigenvalue weighted by Crippen LogP contribution is -2.30. The van der Waals surface area contributed by atoms with E-state index in [-0.39, 0.29) is 18.0 Å². The maximum atomic E-state index is 13.5. The topological polar surface area (TPSA) is 91.8 Å². The summed E-state index contributed by atoms with van der Waals surface area (Å²) < 4.78 is 28.5. The van der Waals surface area contributed by atoms with E-state index in [4.69, 9.17) is 0 Å². The molecule has 3 aromatic carbocycles. The second-order valence-corrected chi connectivity index (χ2v) is 8.94. The maximum absolute atomic E-state index is 13.5. The number of aryl methyl sites for hydroxylation is 1. The Morgan fingerprint density at radius 1 is 0.833 bits per heavy atom. The fourth-order valence-electron chi connectivity index (χ4n) is 3.12. The summed E-state index contributed by atoms with van der Waals surface area (Å²) in [6, 6.07) is 24.0. The van der Waals surface area contributed by atoms with Gasteiger partial charge in [0.1, 0.15) is 0 Å². The molecule has 0 unspecified atom stereocenters. The van der Waals surface area contributed by atoms with E-state index in [9.17, 15) is 8.42 Å². The molecule has 4 rings (SSSR count). The molecule has 0 aliphatic rings. The number of rotatable bonds is 7. The van der Waals surface area contributed by atoms with Crippen LogP contribution in [0.2, 0.25) is 0 Å². The van der Waals surface area contributed by atoms with Gasteiger partial charge in [-0.15, -0.1) is 10.2 Å². The number of hydrogen-bond donors (Lipinski definition) is 1. The third kappa shape index (κ3) is 4.45. The van der Waals surface area contributed by atoms with E-state index < -0.39 is 10.0 Å². The molecule has 0 atom stereocenters. The highest BCUT2D eigenvalue weighted by Crippen LogP contribution is 2.23. The average molecular weight is 420 g/mol. The number of aromatic amines is 1. The average Bonchev–Trinajstić information content (AvgIpc) is 3.31. The van der Waals surface area contributed by atoms with E-state index in [1.165, 1.54) is 4.31 Å². The van der Waals surface area contributed by atoms with Crippen molar-refractivity contribution in [1.82, 2.24) is 24.9 Å². The van der Waals surface area contributed by atoms with Crippen molar-refractivity contribution in [3.05, 3.63) is 95.6 Å². The molecule has 7 nitrogen and oxygen atoms in total. The summed E-state index contributed by atoms with van der Waals surface area (Å²) in [6.45, 7) is 2.57. The molecule has 0 saturated carbocycles. The lowest BCUT2D eigenvalue weighted by atomic mass is 10.1. The standard InChI is InChI=1S/C22H21N5O2S/c1-17-7-9-19(10-8-17)16-27(15-18-5-3-2-4-6-18)30(28,29)21-13-11-20(12-14-21)22-23-25-26-24-22/h2-14H,15-16H2,1H3,(H,23,24,25,26). The Balaban J connectivity index is 1.66. The second kappa shape index (κ2) is 8.56. The molecule has 0 aliphatic heterocycles. The monoisotopic (exact) mass is 419 g/mol. The second-order valence-electron chi connectivity index (χ2n) is 7.00. The molecule has 0 spiro atoms. The summed E-state index contributed by atoms with van der Waals surface area (Å²) in [6.07, 6.45) is 0. The smallest absolute Gasteiger partial charge is 0.207 e. The summed E-state index contributed by atoms with van der Waals surface area (Å²) in [7, 11) is -3.72. The first-order valence-corrected chi connectivity index (χ1v) is 10.9. The molecule has 0 bridgehead atoms. The zero-order valence-electron chi connectivity index (χ0n) is 16.4. The van der Waals surface area contributed by atoms with Gasteiger partial charge in [0.25, 0.3) is 0 Å². The zero-order valence-corrected chi connectivity index (χ0v) is 17.2. The Labute approximate surface area is 175 Å². The lowest BCUT2D eigenvalue weighted by molar-refractivity contribution is 0.401. The minimum atomic E-state index is -3.72. The van der Waals surface area contributed by atoms with Crippen molar-refractivity contribution in [3.63, 3.8) is 0 Å². The van der Waals surface area contributed by atoms with Crippen LogP contribution in [0.15, 0.2) is 83.8 Å². The number of benzene rings is 3. The molecule has 8 heteroatoms. The third-order valence-corrected chi connectivity index (χ3v) is 6.58. The molecule has 0 amide bonds. The molecule has 30 heavy (non-hydrogen) atoms. The van der Waals surface area contributed by atoms with Crippen LogP contribution in [0.4, 0.5) is 0 Å². The van der Waals surface area contributed by atoms with E-state index in [1.54, 1.807) is 24.3 Å². The molecule has 0 radical (unpaired) electrons. The van der Waals surface area contributed by atoms with Gasteiger partial charge in [-0.2, -0.15) is 9.52 Å². The molecular formula is C22H21N5O2S. The predicted octanol–water partition coefficient (Wildman–Crippen LogP) is 3.57. The Hall–Kier alpha value is -3.36. The molecule has 1 heterocycles. The number of nitrogens with one attached hydrogen (secondary N) is 1. The van der Waals surface area contributed by atoms with Crippen LogP contribution in [0.1, 0.15) is 16.7 Å². The van der Waals surface area contributed by atoms with Gasteiger partial charge in [-0.25, -0.2) is 8.42 Å². The number of hydrogen-bond acceptors (Lipinski definition) is 5. The van der Waals surface area contributed by atoms with Gasteiger partial charge < -0.3 is 0 Å². The summed E-state index contributed by atoms with van der Waals surface area (Å²) in [4.78, 5) is 0.220. The van der Waals surface area contributed by atoms with Gasteiger partial charge in [-0.1, -0.05) is 60.2 Å². The molecule has 1 aromatic heterocycles. The van der Waals surface area contributed by atoms with Crippen molar-refractivity contribution in [2.75, 3.05) is 0 Å². The molecule has 4 aromatic rings. The highest BCUT2D eigenvalue weighted by molar-refractivity contribution is 7.89. The first-order valence-electron chi connectivity index (χ1n) is 9.46. The van der Waals surface area contributed by atoms with Crippen LogP contribution in [0.25, 0.3) is 11.4 Å². The van der Waals surface area contributed by atoms with Gasteiger partial charge in [0, 0.05) is 18.7 Å². The number of sulfonamides is 1.